The van der Waals surface area contributed by atoms with E-state index in [0.29, 0.717) is 40.6 Å². The van der Waals surface area contributed by atoms with E-state index in [1.165, 1.54) is 6.07 Å². The summed E-state index contributed by atoms with van der Waals surface area (Å²) in [5.41, 5.74) is 1.20. The summed E-state index contributed by atoms with van der Waals surface area (Å²) in [6, 6.07) is 11.1. The largest absolute Gasteiger partial charge is 0.451 e. The molecular formula is C33H30FN3O4. The summed E-state index contributed by atoms with van der Waals surface area (Å²) < 4.78 is 23.7. The lowest BCUT2D eigenvalue weighted by molar-refractivity contribution is 0.617. The van der Waals surface area contributed by atoms with Crippen molar-refractivity contribution in [2.45, 2.75) is 39.5 Å². The molecular weight excluding hydrogens is 521 g/mol. The van der Waals surface area contributed by atoms with Crippen LogP contribution in [0.15, 0.2) is 74.0 Å². The highest BCUT2D eigenvalue weighted by Crippen LogP contribution is 2.35. The van der Waals surface area contributed by atoms with Gasteiger partial charge in [0, 0.05) is 46.5 Å². The van der Waals surface area contributed by atoms with E-state index in [-0.39, 0.29) is 54.9 Å². The molecule has 41 heavy (non-hydrogen) atoms. The highest BCUT2D eigenvalue weighted by Gasteiger charge is 2.22. The van der Waals surface area contributed by atoms with Crippen LogP contribution < -0.4 is 26.9 Å². The molecule has 0 atom stereocenters. The van der Waals surface area contributed by atoms with Gasteiger partial charge in [0.25, 0.3) is 0 Å². The van der Waals surface area contributed by atoms with Gasteiger partial charge in [0.1, 0.15) is 11.2 Å². The number of hydrogen-bond acceptors (Lipinski definition) is 6. The predicted octanol–water partition coefficient (Wildman–Crippen LogP) is 6.38. The molecule has 6 rings (SSSR count). The number of rotatable bonds is 9. The summed E-state index contributed by atoms with van der Waals surface area (Å²) in [5.74, 6) is -0.615. The van der Waals surface area contributed by atoms with Crippen LogP contribution >= 0.6 is 0 Å². The lowest BCUT2D eigenvalue weighted by atomic mass is 10.0. The molecule has 0 spiro atoms. The molecule has 0 aliphatic rings. The summed E-state index contributed by atoms with van der Waals surface area (Å²) in [6.07, 6.45) is 5.24. The van der Waals surface area contributed by atoms with Gasteiger partial charge in [-0.05, 0) is 31.0 Å². The monoisotopic (exact) mass is 551 g/mol. The number of hydrogen-bond donors (Lipinski definition) is 2. The molecule has 2 aromatic heterocycles. The summed E-state index contributed by atoms with van der Waals surface area (Å²) in [4.78, 5) is 40.6. The third kappa shape index (κ3) is 4.22. The average molecular weight is 552 g/mol. The number of pyridine rings is 1. The topological polar surface area (TPSA) is 92.8 Å². The minimum Gasteiger partial charge on any atom is -0.451 e. The summed E-state index contributed by atoms with van der Waals surface area (Å²) in [5, 5.41) is 7.60. The van der Waals surface area contributed by atoms with Crippen molar-refractivity contribution in [3.8, 4) is 0 Å². The fourth-order valence-corrected chi connectivity index (χ4v) is 5.49. The predicted molar refractivity (Wildman–Crippen MR) is 165 cm³/mol. The molecule has 0 aliphatic carbocycles. The zero-order chi connectivity index (χ0) is 28.8. The lowest BCUT2D eigenvalue weighted by Gasteiger charge is -2.18. The molecule has 0 bridgehead atoms. The second-order valence-electron chi connectivity index (χ2n) is 10.4. The zero-order valence-electron chi connectivity index (χ0n) is 23.0. The van der Waals surface area contributed by atoms with E-state index in [0.717, 1.165) is 25.7 Å². The van der Waals surface area contributed by atoms with Crippen molar-refractivity contribution >= 4 is 60.5 Å². The van der Waals surface area contributed by atoms with Crippen LogP contribution in [0.3, 0.4) is 0 Å². The maximum atomic E-state index is 15.6. The molecule has 8 heteroatoms. The van der Waals surface area contributed by atoms with E-state index in [9.17, 15) is 14.4 Å². The lowest BCUT2D eigenvalue weighted by Crippen LogP contribution is -2.21. The molecule has 6 aromatic rings. The number of anilines is 1. The van der Waals surface area contributed by atoms with Crippen LogP contribution in [-0.4, -0.2) is 17.5 Å². The third-order valence-corrected chi connectivity index (χ3v) is 7.70. The first-order valence-electron chi connectivity index (χ1n) is 14.0. The molecule has 208 valence electrons. The fourth-order valence-electron chi connectivity index (χ4n) is 5.49. The summed E-state index contributed by atoms with van der Waals surface area (Å²) in [6.45, 7) is 9.33. The first-order chi connectivity index (χ1) is 19.8. The van der Waals surface area contributed by atoms with Crippen LogP contribution in [0.1, 0.15) is 45.1 Å². The standard InChI is InChI=1S/C33H30FN3O4/c1-4-6-12-35-18(3)24-17-37-26-15-21-22(31(39)20-11-9-8-10-19(20)30(21)38)16-27(26)41-33-28(36-13-7-5-2)25(34)14-23(29(33)37)32(24)40/h8-11,14-17,35-36H,3-7,12-13H2,1-2H3. The van der Waals surface area contributed by atoms with Crippen molar-refractivity contribution in [2.24, 2.45) is 0 Å². The molecule has 7 nitrogen and oxygen atoms in total. The Hall–Kier alpha value is -4.72. The number of fused-ring (bicyclic) bond motifs is 4. The van der Waals surface area contributed by atoms with Crippen LogP contribution in [0.4, 0.5) is 10.1 Å². The molecule has 2 heterocycles. The van der Waals surface area contributed by atoms with Gasteiger partial charge in [-0.15, -0.1) is 0 Å². The molecule has 0 radical (unpaired) electrons. The van der Waals surface area contributed by atoms with Gasteiger partial charge in [-0.25, -0.2) is 4.39 Å². The molecule has 0 fully saturated rings. The van der Waals surface area contributed by atoms with Gasteiger partial charge in [0.15, 0.2) is 33.3 Å². The Kier molecular flexibility index (Phi) is 6.69. The maximum Gasteiger partial charge on any atom is 0.198 e. The molecule has 2 N–H and O–H groups in total. The molecule has 0 unspecified atom stereocenters. The summed E-state index contributed by atoms with van der Waals surface area (Å²) >= 11 is 0. The van der Waals surface area contributed by atoms with Crippen molar-refractivity contribution in [3.05, 3.63) is 97.3 Å². The van der Waals surface area contributed by atoms with Crippen molar-refractivity contribution < 1.29 is 8.81 Å². The van der Waals surface area contributed by atoms with Crippen LogP contribution in [0.25, 0.3) is 54.8 Å². The highest BCUT2D eigenvalue weighted by atomic mass is 19.1. The molecule has 4 aromatic carbocycles. The first-order valence-corrected chi connectivity index (χ1v) is 14.0. The second-order valence-corrected chi connectivity index (χ2v) is 10.4. The van der Waals surface area contributed by atoms with Gasteiger partial charge >= 0.3 is 0 Å². The average Bonchev–Trinajstić information content (AvgIpc) is 2.98. The third-order valence-electron chi connectivity index (χ3n) is 7.70. The van der Waals surface area contributed by atoms with E-state index < -0.39 is 5.82 Å². The van der Waals surface area contributed by atoms with Crippen LogP contribution in [0, 0.1) is 5.82 Å². The minimum absolute atomic E-state index is 0.130. The number of unbranched alkanes of at least 4 members (excludes halogenated alkanes) is 2. The SMILES string of the molecule is C=C(NCCCC)c1cn2c3cc4c(=O)c5ccccc5c(=O)c4cc3oc3c(NCCCC)c(F)cc(c1=O)c32. The quantitative estimate of drug-likeness (QED) is 0.123. The Bertz CT molecular complexity index is 2180. The first kappa shape index (κ1) is 26.5. The maximum absolute atomic E-state index is 15.6. The van der Waals surface area contributed by atoms with Crippen molar-refractivity contribution in [3.63, 3.8) is 0 Å². The molecule has 0 saturated carbocycles. The van der Waals surface area contributed by atoms with Crippen LogP contribution in [-0.2, 0) is 0 Å². The van der Waals surface area contributed by atoms with Crippen molar-refractivity contribution in [1.82, 2.24) is 9.72 Å². The van der Waals surface area contributed by atoms with E-state index in [4.69, 9.17) is 4.42 Å². The second kappa shape index (κ2) is 10.4. The number of aromatic nitrogens is 1. The van der Waals surface area contributed by atoms with Crippen LogP contribution in [0.2, 0.25) is 0 Å². The molecule has 0 aliphatic heterocycles. The van der Waals surface area contributed by atoms with Crippen molar-refractivity contribution in [2.75, 3.05) is 18.4 Å². The Morgan fingerprint density at radius 3 is 2.22 bits per heavy atom. The normalized spacial score (nSPS) is 11.8. The molecule has 0 amide bonds. The Morgan fingerprint density at radius 2 is 1.54 bits per heavy atom. The van der Waals surface area contributed by atoms with Gasteiger partial charge in [-0.1, -0.05) is 57.5 Å². The number of nitrogens with one attached hydrogen (secondary N) is 2. The van der Waals surface area contributed by atoms with Crippen LogP contribution in [0.5, 0.6) is 0 Å². The Labute approximate surface area is 234 Å². The van der Waals surface area contributed by atoms with E-state index >= 15 is 4.39 Å². The summed E-state index contributed by atoms with van der Waals surface area (Å²) in [7, 11) is 0. The Balaban J connectivity index is 1.76. The number of halogens is 1. The van der Waals surface area contributed by atoms with E-state index in [2.05, 4.69) is 24.1 Å². The Morgan fingerprint density at radius 1 is 0.878 bits per heavy atom. The van der Waals surface area contributed by atoms with Gasteiger partial charge in [0.05, 0.1) is 16.5 Å². The van der Waals surface area contributed by atoms with Gasteiger partial charge in [0.2, 0.25) is 0 Å². The van der Waals surface area contributed by atoms with Gasteiger partial charge in [-0.3, -0.25) is 14.4 Å². The molecule has 0 saturated heterocycles. The highest BCUT2D eigenvalue weighted by molar-refractivity contribution is 6.07. The smallest absolute Gasteiger partial charge is 0.198 e. The minimum atomic E-state index is -0.615. The number of nitrogens with zero attached hydrogens (tertiary/aromatic N) is 1. The zero-order valence-corrected chi connectivity index (χ0v) is 23.0. The fraction of sp³-hybridized carbons (Fsp3) is 0.242. The van der Waals surface area contributed by atoms with Gasteiger partial charge in [-0.2, -0.15) is 0 Å². The van der Waals surface area contributed by atoms with Crippen molar-refractivity contribution in [1.29, 1.82) is 0 Å². The number of benzene rings is 4. The van der Waals surface area contributed by atoms with E-state index in [1.54, 1.807) is 47.0 Å². The van der Waals surface area contributed by atoms with Gasteiger partial charge < -0.3 is 19.5 Å². The van der Waals surface area contributed by atoms with E-state index in [1.807, 2.05) is 6.92 Å².